The summed E-state index contributed by atoms with van der Waals surface area (Å²) >= 11 is 0. The third-order valence-corrected chi connectivity index (χ3v) is 3.54. The maximum Gasteiger partial charge on any atom is 0.471 e. The molecular weight excluding hydrogens is 263 g/mol. The largest absolute Gasteiger partial charge is 0.480 e. The SMILES string of the molecule is C[C@@](CC1CCCCC1)(NC(=O)C(F)(F)F)C(=O)O. The Morgan fingerprint density at radius 1 is 1.21 bits per heavy atom. The van der Waals surface area contributed by atoms with Gasteiger partial charge in [0.1, 0.15) is 5.54 Å². The van der Waals surface area contributed by atoms with Gasteiger partial charge in [0.15, 0.2) is 0 Å². The van der Waals surface area contributed by atoms with Crippen molar-refractivity contribution in [3.05, 3.63) is 0 Å². The van der Waals surface area contributed by atoms with Gasteiger partial charge in [0.05, 0.1) is 0 Å². The molecule has 0 saturated heterocycles. The molecule has 0 heterocycles. The summed E-state index contributed by atoms with van der Waals surface area (Å²) in [7, 11) is 0. The van der Waals surface area contributed by atoms with Crippen LogP contribution < -0.4 is 5.32 Å². The van der Waals surface area contributed by atoms with Gasteiger partial charge >= 0.3 is 18.1 Å². The van der Waals surface area contributed by atoms with E-state index < -0.39 is 23.6 Å². The van der Waals surface area contributed by atoms with E-state index in [1.807, 2.05) is 0 Å². The minimum atomic E-state index is -5.07. The molecule has 1 aliphatic rings. The summed E-state index contributed by atoms with van der Waals surface area (Å²) in [5.41, 5.74) is -1.87. The predicted octanol–water partition coefficient (Wildman–Crippen LogP) is 2.48. The van der Waals surface area contributed by atoms with Crippen LogP contribution in [-0.4, -0.2) is 28.7 Å². The molecule has 1 rings (SSSR count). The molecule has 4 nitrogen and oxygen atoms in total. The molecular formula is C12H18F3NO3. The first-order valence-corrected chi connectivity index (χ1v) is 6.28. The lowest BCUT2D eigenvalue weighted by Gasteiger charge is -2.32. The summed E-state index contributed by atoms with van der Waals surface area (Å²) in [4.78, 5) is 22.1. The zero-order chi connectivity index (χ0) is 14.7. The number of carbonyl (C=O) groups is 2. The van der Waals surface area contributed by atoms with E-state index in [-0.39, 0.29) is 12.3 Å². The Bertz CT molecular complexity index is 351. The minimum Gasteiger partial charge on any atom is -0.480 e. The number of amides is 1. The molecule has 1 atom stereocenters. The lowest BCUT2D eigenvalue weighted by molar-refractivity contribution is -0.177. The monoisotopic (exact) mass is 281 g/mol. The topological polar surface area (TPSA) is 66.4 Å². The molecule has 0 radical (unpaired) electrons. The molecule has 0 bridgehead atoms. The number of rotatable bonds is 4. The highest BCUT2D eigenvalue weighted by molar-refractivity contribution is 5.89. The van der Waals surface area contributed by atoms with Gasteiger partial charge in [-0.1, -0.05) is 32.1 Å². The van der Waals surface area contributed by atoms with Crippen LogP contribution in [-0.2, 0) is 9.59 Å². The number of hydrogen-bond acceptors (Lipinski definition) is 2. The Hall–Kier alpha value is -1.27. The van der Waals surface area contributed by atoms with Crippen molar-refractivity contribution in [2.45, 2.75) is 57.2 Å². The minimum absolute atomic E-state index is 0.0319. The molecule has 1 aliphatic carbocycles. The van der Waals surface area contributed by atoms with Gasteiger partial charge in [-0.25, -0.2) is 4.79 Å². The van der Waals surface area contributed by atoms with Crippen molar-refractivity contribution in [3.8, 4) is 0 Å². The molecule has 1 saturated carbocycles. The number of aliphatic carboxylic acids is 1. The van der Waals surface area contributed by atoms with Crippen LogP contribution in [0.4, 0.5) is 13.2 Å². The molecule has 0 aromatic heterocycles. The Kier molecular flexibility index (Phi) is 4.81. The average molecular weight is 281 g/mol. The smallest absolute Gasteiger partial charge is 0.471 e. The number of carboxylic acids is 1. The Morgan fingerprint density at radius 2 is 1.74 bits per heavy atom. The number of halogens is 3. The molecule has 0 spiro atoms. The van der Waals surface area contributed by atoms with Crippen LogP contribution in [0.2, 0.25) is 0 Å². The summed E-state index contributed by atoms with van der Waals surface area (Å²) in [6.07, 6.45) is -0.473. The van der Waals surface area contributed by atoms with E-state index in [9.17, 15) is 22.8 Å². The number of nitrogens with one attached hydrogen (secondary N) is 1. The molecule has 110 valence electrons. The molecule has 1 amide bonds. The van der Waals surface area contributed by atoms with Gasteiger partial charge in [-0.05, 0) is 19.3 Å². The van der Waals surface area contributed by atoms with Crippen LogP contribution in [0.5, 0.6) is 0 Å². The van der Waals surface area contributed by atoms with Gasteiger partial charge in [0.2, 0.25) is 0 Å². The fourth-order valence-corrected chi connectivity index (χ4v) is 2.48. The van der Waals surface area contributed by atoms with Crippen molar-refractivity contribution in [2.24, 2.45) is 5.92 Å². The molecule has 7 heteroatoms. The van der Waals surface area contributed by atoms with Gasteiger partial charge in [0.25, 0.3) is 0 Å². The molecule has 0 aromatic carbocycles. The van der Waals surface area contributed by atoms with E-state index in [4.69, 9.17) is 5.11 Å². The molecule has 1 fully saturated rings. The molecule has 0 aromatic rings. The number of carboxylic acid groups (broad SMARTS) is 1. The molecule has 2 N–H and O–H groups in total. The van der Waals surface area contributed by atoms with E-state index in [2.05, 4.69) is 0 Å². The fraction of sp³-hybridized carbons (Fsp3) is 0.833. The van der Waals surface area contributed by atoms with Gasteiger partial charge in [0, 0.05) is 0 Å². The van der Waals surface area contributed by atoms with E-state index >= 15 is 0 Å². The van der Waals surface area contributed by atoms with E-state index in [1.165, 1.54) is 0 Å². The third-order valence-electron chi connectivity index (χ3n) is 3.54. The van der Waals surface area contributed by atoms with Crippen molar-refractivity contribution in [1.82, 2.24) is 5.32 Å². The van der Waals surface area contributed by atoms with Gasteiger partial charge in [-0.2, -0.15) is 13.2 Å². The molecule has 0 unspecified atom stereocenters. The fourth-order valence-electron chi connectivity index (χ4n) is 2.48. The maximum atomic E-state index is 12.2. The summed E-state index contributed by atoms with van der Waals surface area (Å²) in [5, 5.41) is 10.7. The van der Waals surface area contributed by atoms with Gasteiger partial charge < -0.3 is 10.4 Å². The quantitative estimate of drug-likeness (QED) is 0.832. The number of hydrogen-bond donors (Lipinski definition) is 2. The second kappa shape index (κ2) is 5.79. The van der Waals surface area contributed by atoms with Crippen molar-refractivity contribution >= 4 is 11.9 Å². The first-order chi connectivity index (χ1) is 8.65. The lowest BCUT2D eigenvalue weighted by atomic mass is 9.80. The Labute approximate surface area is 109 Å². The maximum absolute atomic E-state index is 12.2. The third kappa shape index (κ3) is 4.40. The average Bonchev–Trinajstić information content (AvgIpc) is 2.28. The van der Waals surface area contributed by atoms with Crippen molar-refractivity contribution in [2.75, 3.05) is 0 Å². The summed E-state index contributed by atoms with van der Waals surface area (Å²) < 4.78 is 36.6. The highest BCUT2D eigenvalue weighted by Gasteiger charge is 2.46. The van der Waals surface area contributed by atoms with Crippen molar-refractivity contribution in [3.63, 3.8) is 0 Å². The van der Waals surface area contributed by atoms with Gasteiger partial charge in [-0.3, -0.25) is 4.79 Å². The second-order valence-corrected chi connectivity index (χ2v) is 5.30. The normalized spacial score (nSPS) is 20.6. The second-order valence-electron chi connectivity index (χ2n) is 5.30. The summed E-state index contributed by atoms with van der Waals surface area (Å²) in [6.45, 7) is 1.13. The van der Waals surface area contributed by atoms with Crippen LogP contribution >= 0.6 is 0 Å². The van der Waals surface area contributed by atoms with E-state index in [0.29, 0.717) is 0 Å². The first-order valence-electron chi connectivity index (χ1n) is 6.28. The van der Waals surface area contributed by atoms with Crippen LogP contribution in [0.3, 0.4) is 0 Å². The van der Waals surface area contributed by atoms with Crippen LogP contribution in [0.15, 0.2) is 0 Å². The van der Waals surface area contributed by atoms with Crippen molar-refractivity contribution < 1.29 is 27.9 Å². The van der Waals surface area contributed by atoms with Gasteiger partial charge in [-0.15, -0.1) is 0 Å². The summed E-state index contributed by atoms with van der Waals surface area (Å²) in [6, 6.07) is 0. The molecule has 19 heavy (non-hydrogen) atoms. The number of alkyl halides is 3. The van der Waals surface area contributed by atoms with Crippen LogP contribution in [0.25, 0.3) is 0 Å². The highest BCUT2D eigenvalue weighted by atomic mass is 19.4. The molecule has 0 aliphatic heterocycles. The standard InChI is InChI=1S/C12H18F3NO3/c1-11(10(18)19,16-9(17)12(13,14)15)7-8-5-3-2-4-6-8/h8H,2-7H2,1H3,(H,16,17)(H,18,19)/t11-/m0/s1. The lowest BCUT2D eigenvalue weighted by Crippen LogP contribution is -2.56. The highest BCUT2D eigenvalue weighted by Crippen LogP contribution is 2.31. The first kappa shape index (κ1) is 15.8. The van der Waals surface area contributed by atoms with Crippen LogP contribution in [0, 0.1) is 5.92 Å². The zero-order valence-corrected chi connectivity index (χ0v) is 10.7. The Morgan fingerprint density at radius 3 is 2.16 bits per heavy atom. The summed E-state index contributed by atoms with van der Waals surface area (Å²) in [5.74, 6) is -3.59. The van der Waals surface area contributed by atoms with E-state index in [0.717, 1.165) is 39.0 Å². The van der Waals surface area contributed by atoms with E-state index in [1.54, 1.807) is 5.32 Å². The van der Waals surface area contributed by atoms with Crippen LogP contribution in [0.1, 0.15) is 45.4 Å². The van der Waals surface area contributed by atoms with Crippen molar-refractivity contribution in [1.29, 1.82) is 0 Å². The zero-order valence-electron chi connectivity index (χ0n) is 10.7. The Balaban J connectivity index is 2.73. The number of carbonyl (C=O) groups excluding carboxylic acids is 1. The predicted molar refractivity (Wildman–Crippen MR) is 61.4 cm³/mol.